The summed E-state index contributed by atoms with van der Waals surface area (Å²) in [6.07, 6.45) is 0. The van der Waals surface area contributed by atoms with Crippen LogP contribution in [0.5, 0.6) is 5.75 Å². The molecule has 0 fully saturated rings. The van der Waals surface area contributed by atoms with Crippen molar-refractivity contribution < 1.29 is 9.66 Å². The monoisotopic (exact) mass is 272 g/mol. The summed E-state index contributed by atoms with van der Waals surface area (Å²) in [6.45, 7) is 1.96. The molecule has 20 heavy (non-hydrogen) atoms. The third-order valence-corrected chi connectivity index (χ3v) is 3.09. The molecule has 2 aromatic carbocycles. The molecule has 0 saturated heterocycles. The number of nitrogens with zero attached hydrogens (tertiary/aromatic N) is 1. The van der Waals surface area contributed by atoms with Crippen molar-refractivity contribution in [2.24, 2.45) is 0 Å². The summed E-state index contributed by atoms with van der Waals surface area (Å²) in [5.41, 5.74) is 1.62. The first kappa shape index (κ1) is 13.9. The summed E-state index contributed by atoms with van der Waals surface area (Å²) in [5, 5.41) is 14.1. The van der Waals surface area contributed by atoms with Crippen molar-refractivity contribution in [1.82, 2.24) is 0 Å². The molecule has 0 amide bonds. The molecule has 0 radical (unpaired) electrons. The summed E-state index contributed by atoms with van der Waals surface area (Å²) in [7, 11) is 1.62. The Kier molecular flexibility index (Phi) is 4.20. The average Bonchev–Trinajstić information content (AvgIpc) is 2.47. The number of nitro benzene ring substituents is 1. The molecular formula is C15H16N2O3. The molecule has 2 aromatic rings. The number of ether oxygens (including phenoxy) is 1. The predicted octanol–water partition coefficient (Wildman–Crippen LogP) is 3.78. The Morgan fingerprint density at radius 1 is 1.15 bits per heavy atom. The molecule has 0 aliphatic carbocycles. The molecule has 5 heteroatoms. The molecule has 2 rings (SSSR count). The third-order valence-electron chi connectivity index (χ3n) is 3.09. The number of methoxy groups -OCH3 is 1. The highest BCUT2D eigenvalue weighted by Crippen LogP contribution is 2.28. The van der Waals surface area contributed by atoms with Crippen molar-refractivity contribution >= 4 is 11.4 Å². The van der Waals surface area contributed by atoms with Gasteiger partial charge in [0.05, 0.1) is 12.0 Å². The maximum atomic E-state index is 11.0. The smallest absolute Gasteiger partial charge is 0.292 e. The zero-order valence-electron chi connectivity index (χ0n) is 11.4. The molecule has 0 aliphatic heterocycles. The van der Waals surface area contributed by atoms with Crippen LogP contribution in [-0.2, 0) is 0 Å². The van der Waals surface area contributed by atoms with Crippen LogP contribution in [0.25, 0.3) is 0 Å². The second-order valence-electron chi connectivity index (χ2n) is 4.41. The molecule has 0 bridgehead atoms. The van der Waals surface area contributed by atoms with Crippen LogP contribution in [-0.4, -0.2) is 12.0 Å². The highest BCUT2D eigenvalue weighted by Gasteiger charge is 2.14. The quantitative estimate of drug-likeness (QED) is 0.664. The minimum atomic E-state index is -0.386. The Bertz CT molecular complexity index is 596. The summed E-state index contributed by atoms with van der Waals surface area (Å²) in [4.78, 5) is 10.6. The van der Waals surface area contributed by atoms with Gasteiger partial charge in [0.15, 0.2) is 0 Å². The normalized spacial score (nSPS) is 11.7. The molecule has 0 spiro atoms. The third kappa shape index (κ3) is 3.06. The molecule has 5 nitrogen and oxygen atoms in total. The molecule has 0 aliphatic rings. The van der Waals surface area contributed by atoms with Crippen molar-refractivity contribution in [3.05, 3.63) is 64.2 Å². The number of benzene rings is 2. The fraction of sp³-hybridized carbons (Fsp3) is 0.200. The van der Waals surface area contributed by atoms with Crippen molar-refractivity contribution in [2.75, 3.05) is 12.4 Å². The molecule has 0 aromatic heterocycles. The topological polar surface area (TPSA) is 64.4 Å². The van der Waals surface area contributed by atoms with E-state index < -0.39 is 0 Å². The fourth-order valence-electron chi connectivity index (χ4n) is 1.96. The maximum Gasteiger partial charge on any atom is 0.292 e. The van der Waals surface area contributed by atoms with Crippen LogP contribution in [0, 0.1) is 10.1 Å². The second-order valence-corrected chi connectivity index (χ2v) is 4.41. The van der Waals surface area contributed by atoms with Crippen LogP contribution in [0.4, 0.5) is 11.4 Å². The van der Waals surface area contributed by atoms with Gasteiger partial charge in [0.25, 0.3) is 5.69 Å². The minimum Gasteiger partial charge on any atom is -0.497 e. The van der Waals surface area contributed by atoms with Crippen LogP contribution in [0.3, 0.4) is 0 Å². The standard InChI is InChI=1S/C15H16N2O3/c1-11(12-7-9-13(20-2)10-8-12)16-14-5-3-4-6-15(14)17(18)19/h3-11,16H,1-2H3. The maximum absolute atomic E-state index is 11.0. The van der Waals surface area contributed by atoms with Gasteiger partial charge in [-0.05, 0) is 30.7 Å². The first-order valence-electron chi connectivity index (χ1n) is 6.25. The Labute approximate surface area is 117 Å². The van der Waals surface area contributed by atoms with Gasteiger partial charge in [-0.3, -0.25) is 10.1 Å². The van der Waals surface area contributed by atoms with Gasteiger partial charge in [-0.2, -0.15) is 0 Å². The predicted molar refractivity (Wildman–Crippen MR) is 78.1 cm³/mol. The lowest BCUT2D eigenvalue weighted by molar-refractivity contribution is -0.384. The molecule has 104 valence electrons. The first-order chi connectivity index (χ1) is 9.61. The number of hydrogen-bond acceptors (Lipinski definition) is 4. The van der Waals surface area contributed by atoms with E-state index >= 15 is 0 Å². The van der Waals surface area contributed by atoms with E-state index in [1.54, 1.807) is 25.3 Å². The van der Waals surface area contributed by atoms with Gasteiger partial charge < -0.3 is 10.1 Å². The highest BCUT2D eigenvalue weighted by molar-refractivity contribution is 5.62. The summed E-state index contributed by atoms with van der Waals surface area (Å²) < 4.78 is 5.11. The van der Waals surface area contributed by atoms with Gasteiger partial charge in [-0.1, -0.05) is 24.3 Å². The zero-order chi connectivity index (χ0) is 14.5. The lowest BCUT2D eigenvalue weighted by atomic mass is 10.1. The number of nitro groups is 1. The van der Waals surface area contributed by atoms with Crippen LogP contribution >= 0.6 is 0 Å². The van der Waals surface area contributed by atoms with E-state index in [0.29, 0.717) is 5.69 Å². The van der Waals surface area contributed by atoms with Crippen LogP contribution in [0.1, 0.15) is 18.5 Å². The van der Waals surface area contributed by atoms with Crippen LogP contribution in [0.2, 0.25) is 0 Å². The number of nitrogens with one attached hydrogen (secondary N) is 1. The summed E-state index contributed by atoms with van der Waals surface area (Å²) in [6, 6.07) is 14.2. The lowest BCUT2D eigenvalue weighted by Crippen LogP contribution is -2.08. The van der Waals surface area contributed by atoms with Gasteiger partial charge in [0.2, 0.25) is 0 Å². The molecule has 1 N–H and O–H groups in total. The van der Waals surface area contributed by atoms with Gasteiger partial charge in [-0.25, -0.2) is 0 Å². The summed E-state index contributed by atoms with van der Waals surface area (Å²) in [5.74, 6) is 0.784. The minimum absolute atomic E-state index is 0.0398. The van der Waals surface area contributed by atoms with E-state index in [2.05, 4.69) is 5.32 Å². The molecule has 0 heterocycles. The highest BCUT2D eigenvalue weighted by atomic mass is 16.6. The van der Waals surface area contributed by atoms with Gasteiger partial charge in [-0.15, -0.1) is 0 Å². The van der Waals surface area contributed by atoms with Crippen molar-refractivity contribution in [1.29, 1.82) is 0 Å². The molecule has 1 atom stereocenters. The lowest BCUT2D eigenvalue weighted by Gasteiger charge is -2.16. The largest absolute Gasteiger partial charge is 0.497 e. The van der Waals surface area contributed by atoms with E-state index in [9.17, 15) is 10.1 Å². The van der Waals surface area contributed by atoms with Crippen LogP contribution in [0.15, 0.2) is 48.5 Å². The van der Waals surface area contributed by atoms with E-state index in [4.69, 9.17) is 4.74 Å². The van der Waals surface area contributed by atoms with Crippen molar-refractivity contribution in [3.63, 3.8) is 0 Å². The second kappa shape index (κ2) is 6.06. The van der Waals surface area contributed by atoms with Gasteiger partial charge in [0.1, 0.15) is 11.4 Å². The Morgan fingerprint density at radius 2 is 1.80 bits per heavy atom. The first-order valence-corrected chi connectivity index (χ1v) is 6.25. The number of hydrogen-bond donors (Lipinski definition) is 1. The molecule has 1 unspecified atom stereocenters. The van der Waals surface area contributed by atoms with E-state index in [1.165, 1.54) is 6.07 Å². The van der Waals surface area contributed by atoms with Crippen LogP contribution < -0.4 is 10.1 Å². The van der Waals surface area contributed by atoms with E-state index in [1.807, 2.05) is 31.2 Å². The van der Waals surface area contributed by atoms with E-state index in [0.717, 1.165) is 11.3 Å². The number of rotatable bonds is 5. The number of para-hydroxylation sites is 2. The SMILES string of the molecule is COc1ccc(C(C)Nc2ccccc2[N+](=O)[O-])cc1. The Balaban J connectivity index is 2.18. The fourth-order valence-corrected chi connectivity index (χ4v) is 1.96. The molecular weight excluding hydrogens is 256 g/mol. The van der Waals surface area contributed by atoms with Crippen molar-refractivity contribution in [3.8, 4) is 5.75 Å². The van der Waals surface area contributed by atoms with Gasteiger partial charge >= 0.3 is 0 Å². The Morgan fingerprint density at radius 3 is 2.40 bits per heavy atom. The number of anilines is 1. The van der Waals surface area contributed by atoms with Crippen molar-refractivity contribution in [2.45, 2.75) is 13.0 Å². The molecule has 0 saturated carbocycles. The van der Waals surface area contributed by atoms with Gasteiger partial charge in [0, 0.05) is 12.1 Å². The van der Waals surface area contributed by atoms with E-state index in [-0.39, 0.29) is 16.7 Å². The zero-order valence-corrected chi connectivity index (χ0v) is 11.4. The Hall–Kier alpha value is -2.56. The summed E-state index contributed by atoms with van der Waals surface area (Å²) >= 11 is 0. The average molecular weight is 272 g/mol.